The molecule has 2 N–H and O–H groups in total. The number of carbonyl (C=O) groups excluding carboxylic acids is 2. The molecule has 1 heterocycles. The summed E-state index contributed by atoms with van der Waals surface area (Å²) in [5.74, 6) is -0.424. The number of hydrogen-bond donors (Lipinski definition) is 2. The summed E-state index contributed by atoms with van der Waals surface area (Å²) < 4.78 is 6.01. The summed E-state index contributed by atoms with van der Waals surface area (Å²) >= 11 is 0. The number of ether oxygens (including phenoxy) is 1. The lowest BCUT2D eigenvalue weighted by molar-refractivity contribution is -0.119. The van der Waals surface area contributed by atoms with Crippen LogP contribution in [0.25, 0.3) is 0 Å². The third kappa shape index (κ3) is 4.92. The number of nitrogens with one attached hydrogen (secondary N) is 1. The number of carboxylic acid groups (broad SMARTS) is 1. The first-order valence-electron chi connectivity index (χ1n) is 13.2. The maximum Gasteiger partial charge on any atom is 0.335 e. The minimum Gasteiger partial charge on any atom is -0.489 e. The van der Waals surface area contributed by atoms with Gasteiger partial charge in [0.25, 0.3) is 0 Å². The zero-order valence-electron chi connectivity index (χ0n) is 22.7. The van der Waals surface area contributed by atoms with Gasteiger partial charge in [0.05, 0.1) is 5.56 Å². The average Bonchev–Trinajstić information content (AvgIpc) is 2.80. The molecule has 0 fully saturated rings. The third-order valence-electron chi connectivity index (χ3n) is 7.88. The Labute approximate surface area is 223 Å². The van der Waals surface area contributed by atoms with Gasteiger partial charge in [0, 0.05) is 41.3 Å². The van der Waals surface area contributed by atoms with E-state index in [0.717, 1.165) is 52.1 Å². The predicted octanol–water partition coefficient (Wildman–Crippen LogP) is 6.25. The number of ketones is 2. The summed E-state index contributed by atoms with van der Waals surface area (Å²) in [5.41, 5.74) is 6.18. The molecule has 0 saturated carbocycles. The van der Waals surface area contributed by atoms with Crippen molar-refractivity contribution >= 4 is 17.5 Å². The van der Waals surface area contributed by atoms with Crippen molar-refractivity contribution in [1.82, 2.24) is 5.32 Å². The highest BCUT2D eigenvalue weighted by Gasteiger charge is 2.46. The molecule has 0 spiro atoms. The average molecular weight is 514 g/mol. The summed E-state index contributed by atoms with van der Waals surface area (Å²) in [4.78, 5) is 38.2. The van der Waals surface area contributed by atoms with E-state index in [9.17, 15) is 14.4 Å². The van der Waals surface area contributed by atoms with E-state index in [1.54, 1.807) is 24.3 Å². The van der Waals surface area contributed by atoms with Gasteiger partial charge in [-0.15, -0.1) is 0 Å². The van der Waals surface area contributed by atoms with Crippen molar-refractivity contribution in [2.75, 3.05) is 0 Å². The van der Waals surface area contributed by atoms with Crippen molar-refractivity contribution in [3.63, 3.8) is 0 Å². The number of benzene rings is 2. The SMILES string of the molecule is Cc1cc(OCc2ccc(C(=O)O)cc2)ccc1C1C2=C(CC(C)(C)CC2=O)NC2=C1C(=O)CC(C)(C)C2. The van der Waals surface area contributed by atoms with Crippen molar-refractivity contribution < 1.29 is 24.2 Å². The van der Waals surface area contributed by atoms with Gasteiger partial charge in [-0.1, -0.05) is 45.9 Å². The van der Waals surface area contributed by atoms with Gasteiger partial charge in [-0.25, -0.2) is 4.79 Å². The zero-order valence-corrected chi connectivity index (χ0v) is 22.7. The molecule has 38 heavy (non-hydrogen) atoms. The van der Waals surface area contributed by atoms with Crippen LogP contribution in [0.2, 0.25) is 0 Å². The lowest BCUT2D eigenvalue weighted by atomic mass is 9.64. The molecule has 1 aliphatic heterocycles. The number of allylic oxidation sites excluding steroid dienone is 4. The molecule has 0 bridgehead atoms. The fourth-order valence-corrected chi connectivity index (χ4v) is 6.17. The van der Waals surface area contributed by atoms with Gasteiger partial charge >= 0.3 is 5.97 Å². The van der Waals surface area contributed by atoms with Crippen molar-refractivity contribution in [2.45, 2.75) is 72.8 Å². The van der Waals surface area contributed by atoms with Crippen molar-refractivity contribution in [3.8, 4) is 5.75 Å². The molecule has 0 radical (unpaired) electrons. The van der Waals surface area contributed by atoms with E-state index in [4.69, 9.17) is 9.84 Å². The van der Waals surface area contributed by atoms with Crippen LogP contribution in [0.3, 0.4) is 0 Å². The fraction of sp³-hybridized carbons (Fsp3) is 0.406. The van der Waals surface area contributed by atoms with E-state index in [0.29, 0.717) is 25.2 Å². The van der Waals surface area contributed by atoms with E-state index in [2.05, 4.69) is 33.0 Å². The molecule has 6 heteroatoms. The van der Waals surface area contributed by atoms with E-state index in [-0.39, 0.29) is 33.9 Å². The largest absolute Gasteiger partial charge is 0.489 e. The van der Waals surface area contributed by atoms with Crippen LogP contribution in [0, 0.1) is 17.8 Å². The maximum atomic E-state index is 13.5. The van der Waals surface area contributed by atoms with E-state index < -0.39 is 5.97 Å². The molecule has 5 rings (SSSR count). The molecule has 3 aliphatic rings. The summed E-state index contributed by atoms with van der Waals surface area (Å²) in [6.45, 7) is 10.8. The fourth-order valence-electron chi connectivity index (χ4n) is 6.17. The van der Waals surface area contributed by atoms with E-state index in [1.165, 1.54) is 0 Å². The first-order valence-corrected chi connectivity index (χ1v) is 13.2. The molecule has 6 nitrogen and oxygen atoms in total. The summed E-state index contributed by atoms with van der Waals surface area (Å²) in [5, 5.41) is 12.7. The molecule has 2 aromatic rings. The molecule has 0 saturated heterocycles. The van der Waals surface area contributed by atoms with Crippen LogP contribution in [0.15, 0.2) is 65.0 Å². The van der Waals surface area contributed by atoms with Crippen molar-refractivity contribution in [3.05, 3.63) is 87.3 Å². The minimum absolute atomic E-state index is 0.113. The lowest BCUT2D eigenvalue weighted by Gasteiger charge is -2.44. The molecule has 0 amide bonds. The number of aromatic carboxylic acids is 1. The van der Waals surface area contributed by atoms with E-state index in [1.807, 2.05) is 25.1 Å². The normalized spacial score (nSPS) is 20.6. The Kier molecular flexibility index (Phi) is 6.33. The van der Waals surface area contributed by atoms with Crippen molar-refractivity contribution in [2.24, 2.45) is 10.8 Å². The first-order chi connectivity index (χ1) is 17.8. The second kappa shape index (κ2) is 9.26. The van der Waals surface area contributed by atoms with Gasteiger partial charge in [0.15, 0.2) is 11.6 Å². The smallest absolute Gasteiger partial charge is 0.335 e. The van der Waals surface area contributed by atoms with Gasteiger partial charge in [-0.05, 0) is 71.6 Å². The Hall–Kier alpha value is -3.67. The number of carboxylic acids is 1. The number of carbonyl (C=O) groups is 3. The Morgan fingerprint density at radius 3 is 1.95 bits per heavy atom. The lowest BCUT2D eigenvalue weighted by Crippen LogP contribution is -2.42. The third-order valence-corrected chi connectivity index (χ3v) is 7.88. The summed E-state index contributed by atoms with van der Waals surface area (Å²) in [6.07, 6.45) is 2.48. The highest BCUT2D eigenvalue weighted by atomic mass is 16.5. The van der Waals surface area contributed by atoms with Crippen LogP contribution in [-0.4, -0.2) is 22.6 Å². The molecule has 0 unspecified atom stereocenters. The molecule has 2 aromatic carbocycles. The Bertz CT molecular complexity index is 1360. The zero-order chi connectivity index (χ0) is 27.4. The molecule has 0 atom stereocenters. The monoisotopic (exact) mass is 513 g/mol. The minimum atomic E-state index is -0.960. The molecule has 2 aliphatic carbocycles. The number of Topliss-reactive ketones (excluding diaryl/α,β-unsaturated/α-hetero) is 2. The second-order valence-electron chi connectivity index (χ2n) is 12.5. The van der Waals surface area contributed by atoms with Crippen LogP contribution in [0.5, 0.6) is 5.75 Å². The number of hydrogen-bond acceptors (Lipinski definition) is 5. The summed E-state index contributed by atoms with van der Waals surface area (Å²) in [7, 11) is 0. The highest BCUT2D eigenvalue weighted by Crippen LogP contribution is 2.51. The molecular weight excluding hydrogens is 478 g/mol. The molecule has 0 aromatic heterocycles. The topological polar surface area (TPSA) is 92.7 Å². The van der Waals surface area contributed by atoms with Gasteiger partial charge < -0.3 is 15.2 Å². The Morgan fingerprint density at radius 2 is 1.45 bits per heavy atom. The van der Waals surface area contributed by atoms with Crippen LogP contribution < -0.4 is 10.1 Å². The Balaban J connectivity index is 1.49. The van der Waals surface area contributed by atoms with Crippen LogP contribution in [0.4, 0.5) is 0 Å². The first kappa shape index (κ1) is 26.0. The van der Waals surface area contributed by atoms with Crippen LogP contribution >= 0.6 is 0 Å². The van der Waals surface area contributed by atoms with Gasteiger partial charge in [0.2, 0.25) is 0 Å². The quantitative estimate of drug-likeness (QED) is 0.491. The van der Waals surface area contributed by atoms with Crippen LogP contribution in [0.1, 0.15) is 86.3 Å². The second-order valence-corrected chi connectivity index (χ2v) is 12.5. The molecular formula is C32H35NO5. The van der Waals surface area contributed by atoms with Gasteiger partial charge in [-0.3, -0.25) is 9.59 Å². The van der Waals surface area contributed by atoms with Crippen LogP contribution in [-0.2, 0) is 16.2 Å². The molecule has 198 valence electrons. The Morgan fingerprint density at radius 1 is 0.895 bits per heavy atom. The standard InChI is InChI=1S/C32H35NO5/c1-18-12-21(38-17-19-6-8-20(9-7-19)30(36)37)10-11-22(18)27-28-23(13-31(2,3)15-25(28)34)33-24-14-32(4,5)16-26(35)29(24)27/h6-12,27,33H,13-17H2,1-5H3,(H,36,37). The number of dihydropyridines is 1. The number of aryl methyl sites for hydroxylation is 1. The van der Waals surface area contributed by atoms with Gasteiger partial charge in [0.1, 0.15) is 12.4 Å². The van der Waals surface area contributed by atoms with E-state index >= 15 is 0 Å². The predicted molar refractivity (Wildman–Crippen MR) is 145 cm³/mol. The van der Waals surface area contributed by atoms with Crippen molar-refractivity contribution in [1.29, 1.82) is 0 Å². The highest BCUT2D eigenvalue weighted by molar-refractivity contribution is 6.07. The summed E-state index contributed by atoms with van der Waals surface area (Å²) in [6, 6.07) is 12.5. The van der Waals surface area contributed by atoms with Gasteiger partial charge in [-0.2, -0.15) is 0 Å². The maximum absolute atomic E-state index is 13.5. The number of rotatable bonds is 5.